The van der Waals surface area contributed by atoms with Crippen LogP contribution in [0, 0.1) is 0 Å². The highest BCUT2D eigenvalue weighted by Gasteiger charge is 2.20. The van der Waals surface area contributed by atoms with Gasteiger partial charge in [0, 0.05) is 25.8 Å². The van der Waals surface area contributed by atoms with Crippen LogP contribution in [0.1, 0.15) is 64.9 Å². The first kappa shape index (κ1) is 23.8. The molecule has 1 heterocycles. The molecule has 0 amide bonds. The molecule has 170 valence electrons. The number of ether oxygens (including phenoxy) is 2. The molecule has 31 heavy (non-hydrogen) atoms. The highest BCUT2D eigenvalue weighted by Crippen LogP contribution is 2.28. The monoisotopic (exact) mass is 445 g/mol. The van der Waals surface area contributed by atoms with Gasteiger partial charge in [-0.25, -0.2) is 0 Å². The lowest BCUT2D eigenvalue weighted by Crippen LogP contribution is -2.22. The van der Waals surface area contributed by atoms with Crippen LogP contribution in [0.5, 0.6) is 0 Å². The van der Waals surface area contributed by atoms with E-state index in [0.717, 1.165) is 55.2 Å². The molecule has 0 spiro atoms. The van der Waals surface area contributed by atoms with E-state index in [0.29, 0.717) is 6.61 Å². The maximum absolute atomic E-state index is 12.3. The van der Waals surface area contributed by atoms with E-state index in [-0.39, 0.29) is 23.2 Å². The van der Waals surface area contributed by atoms with E-state index in [2.05, 4.69) is 59.8 Å². The van der Waals surface area contributed by atoms with Crippen LogP contribution in [-0.4, -0.2) is 46.3 Å². The Kier molecular flexibility index (Phi) is 8.55. The van der Waals surface area contributed by atoms with Gasteiger partial charge < -0.3 is 14.0 Å². The zero-order chi connectivity index (χ0) is 22.3. The van der Waals surface area contributed by atoms with E-state index >= 15 is 0 Å². The van der Waals surface area contributed by atoms with Gasteiger partial charge >= 0.3 is 5.97 Å². The Balaban J connectivity index is 1.71. The SMILES string of the molecule is COCCCn1c(SCC(=O)OC2CCCCC2)nnc1-c1ccc(C(C)(C)C)cc1. The van der Waals surface area contributed by atoms with E-state index in [1.807, 2.05) is 0 Å². The number of rotatable bonds is 9. The third-order valence-corrected chi connectivity index (χ3v) is 6.57. The van der Waals surface area contributed by atoms with Crippen molar-refractivity contribution in [3.05, 3.63) is 29.8 Å². The van der Waals surface area contributed by atoms with Gasteiger partial charge in [0.15, 0.2) is 11.0 Å². The van der Waals surface area contributed by atoms with Crippen LogP contribution in [0.25, 0.3) is 11.4 Å². The van der Waals surface area contributed by atoms with Crippen LogP contribution in [-0.2, 0) is 26.2 Å². The first-order valence-corrected chi connectivity index (χ1v) is 12.2. The topological polar surface area (TPSA) is 66.2 Å². The smallest absolute Gasteiger partial charge is 0.316 e. The van der Waals surface area contributed by atoms with Gasteiger partial charge in [0.2, 0.25) is 0 Å². The second kappa shape index (κ2) is 11.1. The molecule has 0 unspecified atom stereocenters. The minimum absolute atomic E-state index is 0.0818. The normalized spacial score (nSPS) is 15.2. The fourth-order valence-electron chi connectivity index (χ4n) is 3.82. The molecule has 7 heteroatoms. The first-order valence-electron chi connectivity index (χ1n) is 11.2. The highest BCUT2D eigenvalue weighted by molar-refractivity contribution is 7.99. The Hall–Kier alpha value is -1.86. The van der Waals surface area contributed by atoms with Gasteiger partial charge in [-0.15, -0.1) is 10.2 Å². The minimum Gasteiger partial charge on any atom is -0.462 e. The van der Waals surface area contributed by atoms with Crippen LogP contribution < -0.4 is 0 Å². The maximum Gasteiger partial charge on any atom is 0.316 e. The summed E-state index contributed by atoms with van der Waals surface area (Å²) in [6.07, 6.45) is 6.44. The molecule has 1 aliphatic carbocycles. The number of carbonyl (C=O) groups is 1. The molecule has 1 aromatic heterocycles. The van der Waals surface area contributed by atoms with Crippen molar-refractivity contribution in [3.63, 3.8) is 0 Å². The number of carbonyl (C=O) groups excluding carboxylic acids is 1. The molecule has 0 aliphatic heterocycles. The second-order valence-electron chi connectivity index (χ2n) is 9.17. The van der Waals surface area contributed by atoms with Crippen molar-refractivity contribution in [1.82, 2.24) is 14.8 Å². The summed E-state index contributed by atoms with van der Waals surface area (Å²) in [7, 11) is 1.70. The average Bonchev–Trinajstić information content (AvgIpc) is 3.15. The predicted octanol–water partition coefficient (Wildman–Crippen LogP) is 5.25. The number of aromatic nitrogens is 3. The van der Waals surface area contributed by atoms with Gasteiger partial charge in [0.1, 0.15) is 6.10 Å². The molecule has 1 saturated carbocycles. The number of thioether (sulfide) groups is 1. The fraction of sp³-hybridized carbons (Fsp3) is 0.625. The van der Waals surface area contributed by atoms with Crippen LogP contribution in [0.3, 0.4) is 0 Å². The molecule has 0 atom stereocenters. The van der Waals surface area contributed by atoms with E-state index in [9.17, 15) is 4.79 Å². The number of benzene rings is 1. The zero-order valence-corrected chi connectivity index (χ0v) is 20.0. The number of hydrogen-bond acceptors (Lipinski definition) is 6. The van der Waals surface area contributed by atoms with Crippen molar-refractivity contribution < 1.29 is 14.3 Å². The van der Waals surface area contributed by atoms with Crippen molar-refractivity contribution in [2.75, 3.05) is 19.5 Å². The molecule has 2 aromatic rings. The molecule has 1 aromatic carbocycles. The van der Waals surface area contributed by atoms with Crippen molar-refractivity contribution in [2.24, 2.45) is 0 Å². The van der Waals surface area contributed by atoms with Crippen molar-refractivity contribution in [3.8, 4) is 11.4 Å². The van der Waals surface area contributed by atoms with Gasteiger partial charge in [-0.1, -0.05) is 63.2 Å². The van der Waals surface area contributed by atoms with Gasteiger partial charge in [0.25, 0.3) is 0 Å². The van der Waals surface area contributed by atoms with Crippen LogP contribution in [0.4, 0.5) is 0 Å². The summed E-state index contributed by atoms with van der Waals surface area (Å²) in [6.45, 7) is 8.01. The number of hydrogen-bond donors (Lipinski definition) is 0. The van der Waals surface area contributed by atoms with Gasteiger partial charge in [-0.3, -0.25) is 4.79 Å². The van der Waals surface area contributed by atoms with Crippen molar-refractivity contribution in [1.29, 1.82) is 0 Å². The van der Waals surface area contributed by atoms with Crippen molar-refractivity contribution in [2.45, 2.75) is 82.5 Å². The van der Waals surface area contributed by atoms with E-state index in [1.54, 1.807) is 7.11 Å². The highest BCUT2D eigenvalue weighted by atomic mass is 32.2. The van der Waals surface area contributed by atoms with Gasteiger partial charge in [-0.05, 0) is 43.1 Å². The molecular weight excluding hydrogens is 410 g/mol. The summed E-state index contributed by atoms with van der Waals surface area (Å²) in [6, 6.07) is 8.50. The largest absolute Gasteiger partial charge is 0.462 e. The van der Waals surface area contributed by atoms with Crippen molar-refractivity contribution >= 4 is 17.7 Å². The summed E-state index contributed by atoms with van der Waals surface area (Å²) in [4.78, 5) is 12.3. The van der Waals surface area contributed by atoms with E-state index in [1.165, 1.54) is 23.7 Å². The summed E-state index contributed by atoms with van der Waals surface area (Å²) in [5, 5.41) is 9.58. The second-order valence-corrected chi connectivity index (χ2v) is 10.1. The summed E-state index contributed by atoms with van der Waals surface area (Å²) >= 11 is 1.40. The Morgan fingerprint density at radius 3 is 2.48 bits per heavy atom. The molecular formula is C24H35N3O3S. The summed E-state index contributed by atoms with van der Waals surface area (Å²) in [5.74, 6) is 0.904. The Bertz CT molecular complexity index is 837. The van der Waals surface area contributed by atoms with Crippen LogP contribution in [0.2, 0.25) is 0 Å². The van der Waals surface area contributed by atoms with Gasteiger partial charge in [0.05, 0.1) is 5.75 Å². The molecule has 0 N–H and O–H groups in total. The Labute approximate surface area is 190 Å². The Morgan fingerprint density at radius 1 is 1.13 bits per heavy atom. The van der Waals surface area contributed by atoms with E-state index in [4.69, 9.17) is 9.47 Å². The van der Waals surface area contributed by atoms with Gasteiger partial charge in [-0.2, -0.15) is 0 Å². The lowest BCUT2D eigenvalue weighted by molar-refractivity contribution is -0.147. The molecule has 1 aliphatic rings. The molecule has 0 radical (unpaired) electrons. The lowest BCUT2D eigenvalue weighted by atomic mass is 9.87. The predicted molar refractivity (Wildman–Crippen MR) is 124 cm³/mol. The third kappa shape index (κ3) is 6.81. The molecule has 6 nitrogen and oxygen atoms in total. The molecule has 1 fully saturated rings. The summed E-state index contributed by atoms with van der Waals surface area (Å²) < 4.78 is 13.0. The Morgan fingerprint density at radius 2 is 1.84 bits per heavy atom. The molecule has 0 saturated heterocycles. The van der Waals surface area contributed by atoms with E-state index < -0.39 is 0 Å². The minimum atomic E-state index is -0.167. The average molecular weight is 446 g/mol. The molecule has 0 bridgehead atoms. The van der Waals surface area contributed by atoms with Crippen LogP contribution in [0.15, 0.2) is 29.4 Å². The quantitative estimate of drug-likeness (QED) is 0.298. The third-order valence-electron chi connectivity index (χ3n) is 5.63. The molecule has 3 rings (SSSR count). The number of nitrogens with zero attached hydrogens (tertiary/aromatic N) is 3. The number of esters is 1. The standard InChI is InChI=1S/C24H35N3O3S/c1-24(2,3)19-13-11-18(12-14-19)22-25-26-23(27(22)15-8-16-29-4)31-17-21(28)30-20-9-6-5-7-10-20/h11-14,20H,5-10,15-17H2,1-4H3. The summed E-state index contributed by atoms with van der Waals surface area (Å²) in [5.41, 5.74) is 2.40. The van der Waals surface area contributed by atoms with Crippen LogP contribution >= 0.6 is 11.8 Å². The first-order chi connectivity index (χ1) is 14.9. The maximum atomic E-state index is 12.3. The fourth-order valence-corrected chi connectivity index (χ4v) is 4.57. The number of methoxy groups -OCH3 is 1. The lowest BCUT2D eigenvalue weighted by Gasteiger charge is -2.21. The zero-order valence-electron chi connectivity index (χ0n) is 19.2.